The van der Waals surface area contributed by atoms with Crippen molar-refractivity contribution < 1.29 is 4.79 Å². The number of amides is 1. The van der Waals surface area contributed by atoms with Gasteiger partial charge in [-0.05, 0) is 0 Å². The van der Waals surface area contributed by atoms with Crippen molar-refractivity contribution in [3.05, 3.63) is 23.5 Å². The van der Waals surface area contributed by atoms with E-state index in [1.165, 1.54) is 23.1 Å². The first-order valence-electron chi connectivity index (χ1n) is 5.60. The second-order valence-electron chi connectivity index (χ2n) is 3.80. The largest absolute Gasteiger partial charge is 0.374 e. The first kappa shape index (κ1) is 13.3. The highest BCUT2D eigenvalue weighted by Crippen LogP contribution is 2.23. The van der Waals surface area contributed by atoms with Crippen LogP contribution in [0.5, 0.6) is 0 Å². The molecule has 0 saturated heterocycles. The molecule has 0 radical (unpaired) electrons. The van der Waals surface area contributed by atoms with Crippen LogP contribution in [-0.2, 0) is 11.3 Å². The average molecular weight is 326 g/mol. The molecule has 3 aromatic rings. The summed E-state index contributed by atoms with van der Waals surface area (Å²) in [5, 5.41) is 12.7. The van der Waals surface area contributed by atoms with Crippen molar-refractivity contribution in [2.75, 3.05) is 11.5 Å². The molecule has 3 rings (SSSR count). The third-order valence-corrected chi connectivity index (χ3v) is 5.02. The van der Waals surface area contributed by atoms with Crippen molar-refractivity contribution in [1.82, 2.24) is 24.9 Å². The lowest BCUT2D eigenvalue weighted by Crippen LogP contribution is -2.24. The van der Waals surface area contributed by atoms with Crippen LogP contribution < -0.4 is 11.1 Å². The predicted molar refractivity (Wildman–Crippen MR) is 80.0 cm³/mol. The Kier molecular flexibility index (Phi) is 3.85. The first-order chi connectivity index (χ1) is 9.70. The summed E-state index contributed by atoms with van der Waals surface area (Å²) in [5.74, 6) is 0.219. The Morgan fingerprint density at radius 1 is 1.50 bits per heavy atom. The van der Waals surface area contributed by atoms with E-state index < -0.39 is 0 Å². The van der Waals surface area contributed by atoms with Gasteiger partial charge in [0.15, 0.2) is 9.30 Å². The summed E-state index contributed by atoms with van der Waals surface area (Å²) in [7, 11) is 0. The standard InChI is InChI=1S/C10H10N6OS3/c11-8-14-15-10(20-8)19-5-7(17)12-3-6-4-16-1-2-18-9(16)13-6/h1-2,4H,3,5H2,(H2,11,14)(H,12,17). The van der Waals surface area contributed by atoms with Crippen LogP contribution >= 0.6 is 34.4 Å². The van der Waals surface area contributed by atoms with E-state index in [4.69, 9.17) is 5.73 Å². The highest BCUT2D eigenvalue weighted by atomic mass is 32.2. The number of carbonyl (C=O) groups excluding carboxylic acids is 1. The van der Waals surface area contributed by atoms with Crippen LogP contribution in [-0.4, -0.2) is 31.2 Å². The topological polar surface area (TPSA) is 98.2 Å². The number of hydrogen-bond acceptors (Lipinski definition) is 8. The molecule has 104 valence electrons. The van der Waals surface area contributed by atoms with Gasteiger partial charge >= 0.3 is 0 Å². The molecule has 3 heterocycles. The van der Waals surface area contributed by atoms with Gasteiger partial charge in [0.2, 0.25) is 11.0 Å². The van der Waals surface area contributed by atoms with Crippen LogP contribution in [0.1, 0.15) is 5.69 Å². The minimum atomic E-state index is -0.0693. The number of fused-ring (bicyclic) bond motifs is 1. The fourth-order valence-corrected chi connectivity index (χ4v) is 3.69. The molecule has 3 aromatic heterocycles. The molecular weight excluding hydrogens is 316 g/mol. The summed E-state index contributed by atoms with van der Waals surface area (Å²) < 4.78 is 2.63. The van der Waals surface area contributed by atoms with Gasteiger partial charge in [-0.15, -0.1) is 21.5 Å². The third-order valence-electron chi connectivity index (χ3n) is 2.36. The van der Waals surface area contributed by atoms with Crippen LogP contribution in [0.2, 0.25) is 0 Å². The molecule has 0 aliphatic heterocycles. The van der Waals surface area contributed by atoms with E-state index in [-0.39, 0.29) is 11.7 Å². The lowest BCUT2D eigenvalue weighted by molar-refractivity contribution is -0.118. The van der Waals surface area contributed by atoms with E-state index in [0.717, 1.165) is 10.7 Å². The Labute approximate surface area is 126 Å². The van der Waals surface area contributed by atoms with E-state index in [0.29, 0.717) is 16.0 Å². The molecule has 1 amide bonds. The number of imidazole rings is 1. The van der Waals surface area contributed by atoms with Gasteiger partial charge in [0.1, 0.15) is 0 Å². The van der Waals surface area contributed by atoms with Gasteiger partial charge in [-0.3, -0.25) is 9.20 Å². The van der Waals surface area contributed by atoms with Crippen molar-refractivity contribution in [2.24, 2.45) is 0 Å². The molecule has 0 bridgehead atoms. The average Bonchev–Trinajstić information content (AvgIpc) is 3.09. The van der Waals surface area contributed by atoms with Crippen LogP contribution in [0.25, 0.3) is 4.96 Å². The summed E-state index contributed by atoms with van der Waals surface area (Å²) in [6.45, 7) is 0.423. The van der Waals surface area contributed by atoms with Crippen LogP contribution in [0.15, 0.2) is 22.1 Å². The number of nitrogens with zero attached hydrogens (tertiary/aromatic N) is 4. The maximum absolute atomic E-state index is 11.7. The quantitative estimate of drug-likeness (QED) is 0.685. The molecule has 0 aromatic carbocycles. The number of hydrogen-bond donors (Lipinski definition) is 2. The highest BCUT2D eigenvalue weighted by Gasteiger charge is 2.08. The van der Waals surface area contributed by atoms with Gasteiger partial charge in [-0.2, -0.15) is 0 Å². The molecule has 0 spiro atoms. The van der Waals surface area contributed by atoms with Crippen molar-refractivity contribution >= 4 is 50.4 Å². The number of nitrogens with one attached hydrogen (secondary N) is 1. The molecular formula is C10H10N6OS3. The second kappa shape index (κ2) is 5.77. The Balaban J connectivity index is 1.48. The van der Waals surface area contributed by atoms with Crippen molar-refractivity contribution in [3.63, 3.8) is 0 Å². The van der Waals surface area contributed by atoms with Crippen molar-refractivity contribution in [3.8, 4) is 0 Å². The molecule has 7 nitrogen and oxygen atoms in total. The van der Waals surface area contributed by atoms with Gasteiger partial charge in [0, 0.05) is 17.8 Å². The van der Waals surface area contributed by atoms with Gasteiger partial charge < -0.3 is 11.1 Å². The first-order valence-corrected chi connectivity index (χ1v) is 8.28. The summed E-state index contributed by atoms with van der Waals surface area (Å²) in [6.07, 6.45) is 3.85. The maximum Gasteiger partial charge on any atom is 0.230 e. The molecule has 3 N–H and O–H groups in total. The van der Waals surface area contributed by atoms with Gasteiger partial charge in [0.25, 0.3) is 0 Å². The number of rotatable bonds is 5. The molecule has 0 saturated carbocycles. The summed E-state index contributed by atoms with van der Waals surface area (Å²) in [5.41, 5.74) is 6.31. The normalized spacial score (nSPS) is 11.0. The number of aromatic nitrogens is 4. The van der Waals surface area contributed by atoms with E-state index in [9.17, 15) is 4.79 Å². The Hall–Kier alpha value is -1.65. The molecule has 0 aliphatic carbocycles. The van der Waals surface area contributed by atoms with Crippen molar-refractivity contribution in [1.29, 1.82) is 0 Å². The third kappa shape index (κ3) is 3.08. The minimum absolute atomic E-state index is 0.0693. The van der Waals surface area contributed by atoms with E-state index >= 15 is 0 Å². The smallest absolute Gasteiger partial charge is 0.230 e. The van der Waals surface area contributed by atoms with E-state index in [1.807, 2.05) is 22.2 Å². The fourth-order valence-electron chi connectivity index (χ4n) is 1.51. The number of anilines is 1. The molecule has 20 heavy (non-hydrogen) atoms. The van der Waals surface area contributed by atoms with E-state index in [1.54, 1.807) is 11.3 Å². The SMILES string of the molecule is Nc1nnc(SCC(=O)NCc2cn3ccsc3n2)s1. The second-order valence-corrected chi connectivity index (χ2v) is 6.90. The number of thioether (sulfide) groups is 1. The Morgan fingerprint density at radius 3 is 3.15 bits per heavy atom. The van der Waals surface area contributed by atoms with Gasteiger partial charge in [-0.25, -0.2) is 4.98 Å². The number of nitrogen functional groups attached to an aromatic ring is 1. The summed E-state index contributed by atoms with van der Waals surface area (Å²) in [6, 6.07) is 0. The van der Waals surface area contributed by atoms with E-state index in [2.05, 4.69) is 20.5 Å². The van der Waals surface area contributed by atoms with Crippen molar-refractivity contribution in [2.45, 2.75) is 10.9 Å². The minimum Gasteiger partial charge on any atom is -0.374 e. The van der Waals surface area contributed by atoms with Gasteiger partial charge in [0.05, 0.1) is 18.0 Å². The van der Waals surface area contributed by atoms with Crippen LogP contribution in [0.3, 0.4) is 0 Å². The lowest BCUT2D eigenvalue weighted by atomic mass is 10.4. The molecule has 0 fully saturated rings. The lowest BCUT2D eigenvalue weighted by Gasteiger charge is -2.01. The monoisotopic (exact) mass is 326 g/mol. The Morgan fingerprint density at radius 2 is 2.40 bits per heavy atom. The summed E-state index contributed by atoms with van der Waals surface area (Å²) in [4.78, 5) is 17.0. The predicted octanol–water partition coefficient (Wildman–Crippen LogP) is 1.24. The molecule has 0 unspecified atom stereocenters. The zero-order valence-corrected chi connectivity index (χ0v) is 12.6. The molecule has 0 aliphatic rings. The zero-order valence-electron chi connectivity index (χ0n) is 10.1. The molecule has 0 atom stereocenters. The summed E-state index contributed by atoms with van der Waals surface area (Å²) >= 11 is 4.15. The number of carbonyl (C=O) groups is 1. The number of thiazole rings is 1. The van der Waals surface area contributed by atoms with Crippen LogP contribution in [0.4, 0.5) is 5.13 Å². The molecule has 10 heteroatoms. The van der Waals surface area contributed by atoms with Crippen LogP contribution in [0, 0.1) is 0 Å². The maximum atomic E-state index is 11.7. The highest BCUT2D eigenvalue weighted by molar-refractivity contribution is 8.01. The Bertz CT molecular complexity index is 704. The number of nitrogens with two attached hydrogens (primary N) is 1. The zero-order chi connectivity index (χ0) is 13.9. The van der Waals surface area contributed by atoms with Gasteiger partial charge in [-0.1, -0.05) is 23.1 Å². The fraction of sp³-hybridized carbons (Fsp3) is 0.200.